The van der Waals surface area contributed by atoms with Crippen LogP contribution in [-0.4, -0.2) is 24.3 Å². The lowest BCUT2D eigenvalue weighted by atomic mass is 10.1. The van der Waals surface area contributed by atoms with Crippen molar-refractivity contribution in [1.29, 1.82) is 0 Å². The lowest BCUT2D eigenvalue weighted by Gasteiger charge is -2.05. The molecule has 0 bridgehead atoms. The average molecular weight is 293 g/mol. The molecule has 0 saturated carbocycles. The highest BCUT2D eigenvalue weighted by molar-refractivity contribution is 5.81. The van der Waals surface area contributed by atoms with E-state index in [1.54, 1.807) is 28.8 Å². The molecule has 0 amide bonds. The van der Waals surface area contributed by atoms with Gasteiger partial charge in [0, 0.05) is 18.3 Å². The predicted molar refractivity (Wildman–Crippen MR) is 84.9 cm³/mol. The Morgan fingerprint density at radius 1 is 1.27 bits per heavy atom. The minimum atomic E-state index is -0.115. The molecule has 0 spiro atoms. The summed E-state index contributed by atoms with van der Waals surface area (Å²) in [4.78, 5) is 20.0. The van der Waals surface area contributed by atoms with Crippen LogP contribution in [0.4, 0.5) is 0 Å². The van der Waals surface area contributed by atoms with Crippen molar-refractivity contribution >= 4 is 21.9 Å². The Bertz CT molecular complexity index is 1050. The van der Waals surface area contributed by atoms with Gasteiger partial charge in [0.2, 0.25) is 0 Å². The average Bonchev–Trinajstić information content (AvgIpc) is 3.03. The molecule has 0 fully saturated rings. The van der Waals surface area contributed by atoms with E-state index in [0.29, 0.717) is 17.6 Å². The van der Waals surface area contributed by atoms with Crippen LogP contribution in [0.1, 0.15) is 11.3 Å². The number of nitrogens with zero attached hydrogens (tertiary/aromatic N) is 4. The molecule has 0 saturated heterocycles. The highest BCUT2D eigenvalue weighted by Gasteiger charge is 2.08. The van der Waals surface area contributed by atoms with Gasteiger partial charge in [0.05, 0.1) is 19.1 Å². The monoisotopic (exact) mass is 293 g/mol. The van der Waals surface area contributed by atoms with Gasteiger partial charge in [0.15, 0.2) is 5.52 Å². The fraction of sp³-hybridized carbons (Fsp3) is 0.188. The van der Waals surface area contributed by atoms with Crippen molar-refractivity contribution in [3.05, 3.63) is 58.4 Å². The zero-order valence-electron chi connectivity index (χ0n) is 12.4. The SMILES string of the molecule is Cc1cc2cc(Cn3cnc4cn(C)nc4c3=O)ccc2[nH]1. The number of aromatic amines is 1. The first kappa shape index (κ1) is 12.8. The number of aromatic nitrogens is 5. The van der Waals surface area contributed by atoms with Crippen molar-refractivity contribution in [1.82, 2.24) is 24.3 Å². The van der Waals surface area contributed by atoms with Crippen LogP contribution in [0.15, 0.2) is 41.6 Å². The molecule has 3 aromatic heterocycles. The van der Waals surface area contributed by atoms with Crippen molar-refractivity contribution in [2.75, 3.05) is 0 Å². The molecule has 4 rings (SSSR count). The quantitative estimate of drug-likeness (QED) is 0.614. The summed E-state index contributed by atoms with van der Waals surface area (Å²) >= 11 is 0. The van der Waals surface area contributed by atoms with Gasteiger partial charge in [-0.25, -0.2) is 4.98 Å². The van der Waals surface area contributed by atoms with Crippen LogP contribution in [0.3, 0.4) is 0 Å². The van der Waals surface area contributed by atoms with E-state index in [0.717, 1.165) is 22.2 Å². The Morgan fingerprint density at radius 2 is 2.14 bits per heavy atom. The highest BCUT2D eigenvalue weighted by atomic mass is 16.1. The first-order chi connectivity index (χ1) is 10.6. The molecule has 0 aliphatic carbocycles. The smallest absolute Gasteiger partial charge is 0.282 e. The summed E-state index contributed by atoms with van der Waals surface area (Å²) in [6, 6.07) is 8.25. The van der Waals surface area contributed by atoms with Gasteiger partial charge in [-0.1, -0.05) is 6.07 Å². The molecule has 3 heterocycles. The maximum atomic E-state index is 12.5. The molecule has 4 aromatic rings. The van der Waals surface area contributed by atoms with Crippen molar-refractivity contribution in [3.8, 4) is 0 Å². The summed E-state index contributed by atoms with van der Waals surface area (Å²) in [7, 11) is 1.79. The third kappa shape index (κ3) is 2.00. The van der Waals surface area contributed by atoms with Gasteiger partial charge >= 0.3 is 0 Å². The molecule has 1 N–H and O–H groups in total. The van der Waals surface area contributed by atoms with Crippen LogP contribution in [-0.2, 0) is 13.6 Å². The summed E-state index contributed by atoms with van der Waals surface area (Å²) in [6.45, 7) is 2.52. The Hall–Kier alpha value is -2.89. The molecule has 0 radical (unpaired) electrons. The normalized spacial score (nSPS) is 11.5. The van der Waals surface area contributed by atoms with Crippen LogP contribution >= 0.6 is 0 Å². The maximum Gasteiger partial charge on any atom is 0.282 e. The minimum absolute atomic E-state index is 0.115. The van der Waals surface area contributed by atoms with Crippen molar-refractivity contribution < 1.29 is 0 Å². The molecule has 1 aromatic carbocycles. The molecule has 0 atom stereocenters. The van der Waals surface area contributed by atoms with Crippen molar-refractivity contribution in [2.45, 2.75) is 13.5 Å². The maximum absolute atomic E-state index is 12.5. The summed E-state index contributed by atoms with van der Waals surface area (Å²) in [5, 5.41) is 5.33. The van der Waals surface area contributed by atoms with E-state index < -0.39 is 0 Å². The minimum Gasteiger partial charge on any atom is -0.359 e. The Kier molecular flexibility index (Phi) is 2.66. The zero-order chi connectivity index (χ0) is 15.3. The number of hydrogen-bond donors (Lipinski definition) is 1. The van der Waals surface area contributed by atoms with E-state index in [-0.39, 0.29) is 5.56 Å². The van der Waals surface area contributed by atoms with Crippen LogP contribution in [0.25, 0.3) is 21.9 Å². The lowest BCUT2D eigenvalue weighted by molar-refractivity contribution is 0.740. The van der Waals surface area contributed by atoms with Crippen LogP contribution < -0.4 is 5.56 Å². The van der Waals surface area contributed by atoms with E-state index >= 15 is 0 Å². The standard InChI is InChI=1S/C16H15N5O/c1-10-5-12-6-11(3-4-13(12)18-10)7-21-9-17-14-8-20(2)19-15(14)16(21)22/h3-6,8-9,18H,7H2,1-2H3. The first-order valence-corrected chi connectivity index (χ1v) is 7.07. The first-order valence-electron chi connectivity index (χ1n) is 7.07. The number of aryl methyl sites for hydroxylation is 2. The number of hydrogen-bond acceptors (Lipinski definition) is 3. The second-order valence-electron chi connectivity index (χ2n) is 5.59. The fourth-order valence-electron chi connectivity index (χ4n) is 2.78. The molecule has 6 heteroatoms. The van der Waals surface area contributed by atoms with Crippen LogP contribution in [0, 0.1) is 6.92 Å². The predicted octanol–water partition coefficient (Wildman–Crippen LogP) is 1.97. The van der Waals surface area contributed by atoms with Crippen molar-refractivity contribution in [2.24, 2.45) is 7.05 Å². The van der Waals surface area contributed by atoms with E-state index in [2.05, 4.69) is 27.2 Å². The number of rotatable bonds is 2. The third-order valence-corrected chi connectivity index (χ3v) is 3.78. The summed E-state index contributed by atoms with van der Waals surface area (Å²) in [5.74, 6) is 0. The molecular weight excluding hydrogens is 278 g/mol. The van der Waals surface area contributed by atoms with E-state index in [1.807, 2.05) is 19.1 Å². The molecule has 6 nitrogen and oxygen atoms in total. The van der Waals surface area contributed by atoms with Gasteiger partial charge in [0.25, 0.3) is 5.56 Å². The molecule has 0 aliphatic rings. The fourth-order valence-corrected chi connectivity index (χ4v) is 2.78. The van der Waals surface area contributed by atoms with Gasteiger partial charge in [-0.15, -0.1) is 0 Å². The summed E-state index contributed by atoms with van der Waals surface area (Å²) in [5.41, 5.74) is 4.21. The largest absolute Gasteiger partial charge is 0.359 e. The molecule has 110 valence electrons. The highest BCUT2D eigenvalue weighted by Crippen LogP contribution is 2.17. The zero-order valence-corrected chi connectivity index (χ0v) is 12.4. The van der Waals surface area contributed by atoms with Crippen LogP contribution in [0.5, 0.6) is 0 Å². The second-order valence-corrected chi connectivity index (χ2v) is 5.59. The van der Waals surface area contributed by atoms with E-state index in [1.165, 1.54) is 0 Å². The number of benzene rings is 1. The Morgan fingerprint density at radius 3 is 3.00 bits per heavy atom. The van der Waals surface area contributed by atoms with E-state index in [4.69, 9.17) is 0 Å². The summed E-state index contributed by atoms with van der Waals surface area (Å²) < 4.78 is 3.20. The van der Waals surface area contributed by atoms with Gasteiger partial charge in [-0.3, -0.25) is 14.0 Å². The van der Waals surface area contributed by atoms with Crippen LogP contribution in [0.2, 0.25) is 0 Å². The third-order valence-electron chi connectivity index (χ3n) is 3.78. The second kappa shape index (κ2) is 4.56. The van der Waals surface area contributed by atoms with Crippen molar-refractivity contribution in [3.63, 3.8) is 0 Å². The number of H-pyrrole nitrogens is 1. The Balaban J connectivity index is 1.78. The van der Waals surface area contributed by atoms with Gasteiger partial charge in [-0.2, -0.15) is 5.10 Å². The number of nitrogens with one attached hydrogen (secondary N) is 1. The van der Waals surface area contributed by atoms with Gasteiger partial charge < -0.3 is 4.98 Å². The lowest BCUT2D eigenvalue weighted by Crippen LogP contribution is -2.21. The summed E-state index contributed by atoms with van der Waals surface area (Å²) in [6.07, 6.45) is 3.33. The topological polar surface area (TPSA) is 68.5 Å². The molecular formula is C16H15N5O. The van der Waals surface area contributed by atoms with Gasteiger partial charge in [-0.05, 0) is 36.1 Å². The number of fused-ring (bicyclic) bond motifs is 2. The Labute approximate surface area is 126 Å². The van der Waals surface area contributed by atoms with Gasteiger partial charge in [0.1, 0.15) is 5.52 Å². The molecule has 0 unspecified atom stereocenters. The molecule has 22 heavy (non-hydrogen) atoms. The molecule has 0 aliphatic heterocycles. The van der Waals surface area contributed by atoms with E-state index in [9.17, 15) is 4.79 Å².